The van der Waals surface area contributed by atoms with Crippen molar-refractivity contribution in [2.75, 3.05) is 0 Å². The molecule has 0 aliphatic carbocycles. The minimum atomic E-state index is 0.266. The molecule has 8 aromatic rings. The average molecular weight is 649 g/mol. The number of aryl methyl sites for hydroxylation is 1. The molecule has 0 saturated heterocycles. The number of nitrogens with zero attached hydrogens (tertiary/aromatic N) is 8. The van der Waals surface area contributed by atoms with Gasteiger partial charge < -0.3 is 9.13 Å². The minimum absolute atomic E-state index is 0.266. The van der Waals surface area contributed by atoms with Crippen LogP contribution < -0.4 is 0 Å². The summed E-state index contributed by atoms with van der Waals surface area (Å²) < 4.78 is 3.88. The van der Waals surface area contributed by atoms with Gasteiger partial charge in [0, 0.05) is 38.1 Å². The first kappa shape index (κ1) is 30.2. The molecule has 0 bridgehead atoms. The highest BCUT2D eigenvalue weighted by molar-refractivity contribution is 6.14. The van der Waals surface area contributed by atoms with E-state index in [1.807, 2.05) is 58.5 Å². The van der Waals surface area contributed by atoms with Gasteiger partial charge in [0.15, 0.2) is 17.1 Å². The largest absolute Gasteiger partial charge is 0.321 e. The molecular formula is C43H20N8. The van der Waals surface area contributed by atoms with E-state index in [0.717, 1.165) is 32.7 Å². The Morgan fingerprint density at radius 3 is 1.53 bits per heavy atom. The molecule has 0 fully saturated rings. The lowest BCUT2D eigenvalue weighted by Crippen LogP contribution is -2.03. The smallest absolute Gasteiger partial charge is 0.234 e. The van der Waals surface area contributed by atoms with Gasteiger partial charge in [-0.3, -0.25) is 0 Å². The van der Waals surface area contributed by atoms with Gasteiger partial charge in [0.25, 0.3) is 0 Å². The van der Waals surface area contributed by atoms with Gasteiger partial charge in [0.2, 0.25) is 5.69 Å². The van der Waals surface area contributed by atoms with Crippen molar-refractivity contribution in [3.63, 3.8) is 0 Å². The molecule has 0 aliphatic rings. The second-order valence-electron chi connectivity index (χ2n) is 12.1. The van der Waals surface area contributed by atoms with E-state index < -0.39 is 0 Å². The lowest BCUT2D eigenvalue weighted by atomic mass is 9.97. The van der Waals surface area contributed by atoms with Crippen molar-refractivity contribution in [3.05, 3.63) is 165 Å². The Kier molecular flexibility index (Phi) is 6.83. The molecular weight excluding hydrogens is 629 g/mol. The molecule has 8 heteroatoms. The van der Waals surface area contributed by atoms with Gasteiger partial charge >= 0.3 is 0 Å². The first-order chi connectivity index (χ1) is 24.9. The Hall–Kier alpha value is -8.14. The number of benzene rings is 6. The second kappa shape index (κ2) is 11.5. The third-order valence-corrected chi connectivity index (χ3v) is 9.23. The van der Waals surface area contributed by atoms with Crippen LogP contribution in [0.5, 0.6) is 0 Å². The summed E-state index contributed by atoms with van der Waals surface area (Å²) in [6.07, 6.45) is 0. The molecule has 0 saturated carbocycles. The maximum atomic E-state index is 9.93. The number of nitriles is 2. The maximum Gasteiger partial charge on any atom is 0.234 e. The highest BCUT2D eigenvalue weighted by Crippen LogP contribution is 2.47. The topological polar surface area (TPSA) is 74.9 Å². The first-order valence-electron chi connectivity index (χ1n) is 15.7. The Labute approximate surface area is 292 Å². The summed E-state index contributed by atoms with van der Waals surface area (Å²) in [5, 5.41) is 23.2. The quantitative estimate of drug-likeness (QED) is 0.179. The standard InChI is InChI=1S/C43H20N8/c1-25-16-27(24-45)18-28(17-25)32-14-15-37(50-38-19-26(23-44)6-10-33(38)34-11-7-29(46-2)20-39(34)50)42(49-5)43(32)51-40-21-30(47-3)8-12-35(40)36-13-9-31(48-4)22-41(36)51/h6-22H,1H3. The Balaban J connectivity index is 1.62. The molecule has 0 atom stereocenters. The van der Waals surface area contributed by atoms with E-state index in [0.29, 0.717) is 67.2 Å². The molecule has 0 unspecified atom stereocenters. The number of rotatable bonds is 3. The monoisotopic (exact) mass is 648 g/mol. The summed E-state index contributed by atoms with van der Waals surface area (Å²) >= 11 is 0. The van der Waals surface area contributed by atoms with Crippen LogP contribution in [0, 0.1) is 55.9 Å². The van der Waals surface area contributed by atoms with Crippen LogP contribution in [0.2, 0.25) is 0 Å². The fourth-order valence-corrected chi connectivity index (χ4v) is 7.10. The van der Waals surface area contributed by atoms with Crippen LogP contribution in [-0.4, -0.2) is 9.13 Å². The van der Waals surface area contributed by atoms with Crippen molar-refractivity contribution >= 4 is 66.4 Å². The lowest BCUT2D eigenvalue weighted by Gasteiger charge is -2.21. The zero-order valence-corrected chi connectivity index (χ0v) is 26.9. The van der Waals surface area contributed by atoms with Gasteiger partial charge in [-0.15, -0.1) is 0 Å². The second-order valence-corrected chi connectivity index (χ2v) is 12.1. The number of fused-ring (bicyclic) bond motifs is 6. The van der Waals surface area contributed by atoms with E-state index in [1.54, 1.807) is 60.7 Å². The molecule has 0 aliphatic heterocycles. The predicted molar refractivity (Wildman–Crippen MR) is 200 cm³/mol. The van der Waals surface area contributed by atoms with Crippen molar-refractivity contribution in [2.45, 2.75) is 6.92 Å². The Morgan fingerprint density at radius 1 is 0.510 bits per heavy atom. The summed E-state index contributed by atoms with van der Waals surface area (Å²) in [6, 6.07) is 35.6. The van der Waals surface area contributed by atoms with Crippen LogP contribution in [0.3, 0.4) is 0 Å². The average Bonchev–Trinajstić information content (AvgIpc) is 3.67. The van der Waals surface area contributed by atoms with Crippen LogP contribution in [0.15, 0.2) is 103 Å². The highest BCUT2D eigenvalue weighted by Gasteiger charge is 2.25. The van der Waals surface area contributed by atoms with Crippen LogP contribution in [0.4, 0.5) is 22.7 Å². The zero-order valence-electron chi connectivity index (χ0n) is 26.9. The van der Waals surface area contributed by atoms with Gasteiger partial charge in [0.1, 0.15) is 0 Å². The molecule has 51 heavy (non-hydrogen) atoms. The number of aromatic nitrogens is 2. The predicted octanol–water partition coefficient (Wildman–Crippen LogP) is 11.8. The van der Waals surface area contributed by atoms with Crippen LogP contribution in [0.25, 0.3) is 85.5 Å². The summed E-state index contributed by atoms with van der Waals surface area (Å²) in [4.78, 5) is 15.3. The van der Waals surface area contributed by atoms with Crippen molar-refractivity contribution < 1.29 is 0 Å². The highest BCUT2D eigenvalue weighted by atomic mass is 15.1. The Bertz CT molecular complexity index is 2970. The molecule has 0 N–H and O–H groups in total. The normalized spacial score (nSPS) is 10.7. The van der Waals surface area contributed by atoms with E-state index in [1.165, 1.54) is 0 Å². The summed E-state index contributed by atoms with van der Waals surface area (Å²) in [7, 11) is 0. The number of hydrogen-bond acceptors (Lipinski definition) is 2. The molecule has 8 rings (SSSR count). The van der Waals surface area contributed by atoms with Gasteiger partial charge in [-0.1, -0.05) is 54.6 Å². The molecule has 2 heterocycles. The molecule has 2 aromatic heterocycles. The maximum absolute atomic E-state index is 9.93. The van der Waals surface area contributed by atoms with Crippen molar-refractivity contribution in [1.29, 1.82) is 10.5 Å². The van der Waals surface area contributed by atoms with E-state index in [2.05, 4.69) is 31.5 Å². The summed E-state index contributed by atoms with van der Waals surface area (Å²) in [5.74, 6) is 0. The first-order valence-corrected chi connectivity index (χ1v) is 15.7. The van der Waals surface area contributed by atoms with E-state index >= 15 is 0 Å². The van der Waals surface area contributed by atoms with Gasteiger partial charge in [-0.25, -0.2) is 19.4 Å². The third-order valence-electron chi connectivity index (χ3n) is 9.23. The molecule has 232 valence electrons. The SMILES string of the molecule is [C-]#[N+]c1ccc2c3ccc(C#N)cc3n(-c3ccc(-c4cc(C)cc(C#N)c4)c(-n4c5cc([N+]#[C-])ccc5c5ccc([N+]#[C-])cc54)c3[N+]#[C-])c2c1. The van der Waals surface area contributed by atoms with Crippen molar-refractivity contribution in [1.82, 2.24) is 9.13 Å². The van der Waals surface area contributed by atoms with Gasteiger partial charge in [-0.05, 0) is 72.1 Å². The van der Waals surface area contributed by atoms with Crippen LogP contribution >= 0.6 is 0 Å². The van der Waals surface area contributed by atoms with Crippen molar-refractivity contribution in [3.8, 4) is 34.6 Å². The van der Waals surface area contributed by atoms with E-state index in [9.17, 15) is 10.5 Å². The number of hydrogen-bond donors (Lipinski definition) is 0. The lowest BCUT2D eigenvalue weighted by molar-refractivity contribution is 1.15. The minimum Gasteiger partial charge on any atom is -0.321 e. The van der Waals surface area contributed by atoms with Gasteiger partial charge in [-0.2, -0.15) is 10.5 Å². The summed E-state index contributed by atoms with van der Waals surface area (Å²) in [5.41, 5.74) is 8.50. The molecule has 8 nitrogen and oxygen atoms in total. The van der Waals surface area contributed by atoms with Crippen LogP contribution in [-0.2, 0) is 0 Å². The molecule has 0 spiro atoms. The van der Waals surface area contributed by atoms with E-state index in [4.69, 9.17) is 26.3 Å². The van der Waals surface area contributed by atoms with Crippen LogP contribution in [0.1, 0.15) is 16.7 Å². The van der Waals surface area contributed by atoms with Crippen molar-refractivity contribution in [2.24, 2.45) is 0 Å². The Morgan fingerprint density at radius 2 is 1.02 bits per heavy atom. The molecule has 0 radical (unpaired) electrons. The fourth-order valence-electron chi connectivity index (χ4n) is 7.10. The molecule has 0 amide bonds. The van der Waals surface area contributed by atoms with E-state index in [-0.39, 0.29) is 5.69 Å². The van der Waals surface area contributed by atoms with Gasteiger partial charge in [0.05, 0.1) is 66.4 Å². The zero-order chi connectivity index (χ0) is 35.4. The fraction of sp³-hybridized carbons (Fsp3) is 0.0233. The molecule has 6 aromatic carbocycles. The third kappa shape index (κ3) is 4.55. The summed E-state index contributed by atoms with van der Waals surface area (Å²) in [6.45, 7) is 34.1.